The zero-order chi connectivity index (χ0) is 18.2. The van der Waals surface area contributed by atoms with Crippen LogP contribution in [0.25, 0.3) is 0 Å². The van der Waals surface area contributed by atoms with Gasteiger partial charge in [0.05, 0.1) is 6.54 Å². The molecule has 3 rings (SSSR count). The number of carbonyl (C=O) groups excluding carboxylic acids is 2. The van der Waals surface area contributed by atoms with Gasteiger partial charge < -0.3 is 10.6 Å². The largest absolute Gasteiger partial charge is 0.343 e. The van der Waals surface area contributed by atoms with Crippen molar-refractivity contribution in [2.75, 3.05) is 25.0 Å². The fraction of sp³-hybridized carbons (Fsp3) is 0.333. The Morgan fingerprint density at radius 3 is 2.27 bits per heavy atom. The lowest BCUT2D eigenvalue weighted by Crippen LogP contribution is -2.32. The number of nitrogens with one attached hydrogen (secondary N) is 2. The highest BCUT2D eigenvalue weighted by molar-refractivity contribution is 5.99. The van der Waals surface area contributed by atoms with E-state index in [0.717, 1.165) is 19.6 Å². The Kier molecular flexibility index (Phi) is 6.39. The van der Waals surface area contributed by atoms with Crippen LogP contribution in [0.2, 0.25) is 0 Å². The van der Waals surface area contributed by atoms with Crippen LogP contribution in [-0.4, -0.2) is 36.3 Å². The number of carbonyl (C=O) groups is 2. The number of amides is 2. The predicted molar refractivity (Wildman–Crippen MR) is 103 cm³/mol. The molecule has 2 aromatic rings. The van der Waals surface area contributed by atoms with E-state index in [9.17, 15) is 9.59 Å². The Labute approximate surface area is 154 Å². The van der Waals surface area contributed by atoms with Gasteiger partial charge in [-0.15, -0.1) is 0 Å². The summed E-state index contributed by atoms with van der Waals surface area (Å²) in [7, 11) is 0. The lowest BCUT2D eigenvalue weighted by atomic mass is 10.1. The van der Waals surface area contributed by atoms with Crippen LogP contribution >= 0.6 is 0 Å². The normalized spacial score (nSPS) is 14.6. The van der Waals surface area contributed by atoms with Crippen LogP contribution in [0, 0.1) is 0 Å². The highest BCUT2D eigenvalue weighted by atomic mass is 16.2. The molecule has 1 fully saturated rings. The second kappa shape index (κ2) is 9.15. The van der Waals surface area contributed by atoms with Crippen molar-refractivity contribution in [3.05, 3.63) is 65.7 Å². The van der Waals surface area contributed by atoms with E-state index in [1.165, 1.54) is 24.8 Å². The van der Waals surface area contributed by atoms with E-state index >= 15 is 0 Å². The van der Waals surface area contributed by atoms with Gasteiger partial charge in [-0.25, -0.2) is 0 Å². The number of hydrogen-bond donors (Lipinski definition) is 2. The van der Waals surface area contributed by atoms with E-state index in [-0.39, 0.29) is 18.4 Å². The molecule has 0 bridgehead atoms. The first-order valence-corrected chi connectivity index (χ1v) is 9.15. The van der Waals surface area contributed by atoms with E-state index in [0.29, 0.717) is 11.3 Å². The smallest absolute Gasteiger partial charge is 0.251 e. The van der Waals surface area contributed by atoms with Crippen LogP contribution in [0.15, 0.2) is 54.6 Å². The zero-order valence-corrected chi connectivity index (χ0v) is 14.9. The third-order valence-corrected chi connectivity index (χ3v) is 4.54. The van der Waals surface area contributed by atoms with Crippen molar-refractivity contribution >= 4 is 17.5 Å². The number of nitrogens with zero attached hydrogens (tertiary/aromatic N) is 1. The summed E-state index contributed by atoms with van der Waals surface area (Å²) in [5.74, 6) is -0.482. The molecule has 1 aliphatic rings. The molecule has 0 radical (unpaired) electrons. The first-order valence-electron chi connectivity index (χ1n) is 9.15. The van der Waals surface area contributed by atoms with Crippen LogP contribution in [0.5, 0.6) is 0 Å². The van der Waals surface area contributed by atoms with Gasteiger partial charge in [0.15, 0.2) is 0 Å². The predicted octanol–water partition coefficient (Wildman–Crippen LogP) is 3.04. The van der Waals surface area contributed by atoms with E-state index in [1.54, 1.807) is 12.1 Å². The van der Waals surface area contributed by atoms with Gasteiger partial charge >= 0.3 is 0 Å². The molecule has 0 unspecified atom stereocenters. The van der Waals surface area contributed by atoms with Gasteiger partial charge in [-0.05, 0) is 55.8 Å². The molecule has 2 amide bonds. The molecule has 0 aromatic heterocycles. The summed E-state index contributed by atoms with van der Waals surface area (Å²) in [4.78, 5) is 26.5. The molecule has 1 heterocycles. The molecule has 1 aliphatic heterocycles. The minimum Gasteiger partial charge on any atom is -0.343 e. The SMILES string of the molecule is O=C(CNC(=O)c1ccc(CN2CCCCC2)cc1)Nc1ccccc1. The minimum absolute atomic E-state index is 0.0523. The molecule has 0 atom stereocenters. The molecule has 136 valence electrons. The second-order valence-electron chi connectivity index (χ2n) is 6.63. The molecule has 0 spiro atoms. The van der Waals surface area contributed by atoms with Crippen LogP contribution in [0.4, 0.5) is 5.69 Å². The Bertz CT molecular complexity index is 723. The van der Waals surface area contributed by atoms with Crippen molar-refractivity contribution in [3.8, 4) is 0 Å². The summed E-state index contributed by atoms with van der Waals surface area (Å²) in [6, 6.07) is 16.8. The van der Waals surface area contributed by atoms with Gasteiger partial charge in [-0.3, -0.25) is 14.5 Å². The number of benzene rings is 2. The van der Waals surface area contributed by atoms with E-state index in [1.807, 2.05) is 42.5 Å². The molecule has 26 heavy (non-hydrogen) atoms. The van der Waals surface area contributed by atoms with Gasteiger partial charge in [-0.2, -0.15) is 0 Å². The lowest BCUT2D eigenvalue weighted by molar-refractivity contribution is -0.115. The summed E-state index contributed by atoms with van der Waals surface area (Å²) in [6.45, 7) is 3.18. The highest BCUT2D eigenvalue weighted by Crippen LogP contribution is 2.13. The van der Waals surface area contributed by atoms with E-state index in [2.05, 4.69) is 15.5 Å². The maximum absolute atomic E-state index is 12.2. The molecule has 2 aromatic carbocycles. The molecule has 1 saturated heterocycles. The van der Waals surface area contributed by atoms with Crippen molar-refractivity contribution in [1.29, 1.82) is 0 Å². The van der Waals surface area contributed by atoms with Crippen LogP contribution in [0.3, 0.4) is 0 Å². The average Bonchev–Trinajstić information content (AvgIpc) is 2.68. The number of likely N-dealkylation sites (tertiary alicyclic amines) is 1. The Hall–Kier alpha value is -2.66. The fourth-order valence-corrected chi connectivity index (χ4v) is 3.13. The van der Waals surface area contributed by atoms with Crippen LogP contribution in [0.1, 0.15) is 35.2 Å². The van der Waals surface area contributed by atoms with Crippen LogP contribution in [-0.2, 0) is 11.3 Å². The quantitative estimate of drug-likeness (QED) is 0.841. The van der Waals surface area contributed by atoms with Crippen molar-refractivity contribution in [2.45, 2.75) is 25.8 Å². The molecular formula is C21H25N3O2. The molecular weight excluding hydrogens is 326 g/mol. The van der Waals surface area contributed by atoms with E-state index < -0.39 is 0 Å². The van der Waals surface area contributed by atoms with Gasteiger partial charge in [0.2, 0.25) is 5.91 Å². The highest BCUT2D eigenvalue weighted by Gasteiger charge is 2.12. The Morgan fingerprint density at radius 1 is 0.885 bits per heavy atom. The molecule has 5 heteroatoms. The monoisotopic (exact) mass is 351 g/mol. The average molecular weight is 351 g/mol. The van der Waals surface area contributed by atoms with Crippen molar-refractivity contribution in [3.63, 3.8) is 0 Å². The number of hydrogen-bond acceptors (Lipinski definition) is 3. The molecule has 5 nitrogen and oxygen atoms in total. The number of piperidine rings is 1. The summed E-state index contributed by atoms with van der Waals surface area (Å²) in [5.41, 5.74) is 2.50. The van der Waals surface area contributed by atoms with Gasteiger partial charge in [0.1, 0.15) is 0 Å². The van der Waals surface area contributed by atoms with Crippen LogP contribution < -0.4 is 10.6 Å². The standard InChI is InChI=1S/C21H25N3O2/c25-20(23-19-7-3-1-4-8-19)15-22-21(26)18-11-9-17(10-12-18)16-24-13-5-2-6-14-24/h1,3-4,7-12H,2,5-6,13-16H2,(H,22,26)(H,23,25). The maximum atomic E-state index is 12.2. The van der Waals surface area contributed by atoms with E-state index in [4.69, 9.17) is 0 Å². The topological polar surface area (TPSA) is 61.4 Å². The summed E-state index contributed by atoms with van der Waals surface area (Å²) in [6.07, 6.45) is 3.87. The maximum Gasteiger partial charge on any atom is 0.251 e. The minimum atomic E-state index is -0.244. The molecule has 0 saturated carbocycles. The van der Waals surface area contributed by atoms with Gasteiger partial charge in [0, 0.05) is 17.8 Å². The lowest BCUT2D eigenvalue weighted by Gasteiger charge is -2.26. The molecule has 0 aliphatic carbocycles. The molecule has 2 N–H and O–H groups in total. The number of rotatable bonds is 6. The van der Waals surface area contributed by atoms with Crippen molar-refractivity contribution in [2.24, 2.45) is 0 Å². The zero-order valence-electron chi connectivity index (χ0n) is 14.9. The first kappa shape index (κ1) is 18.1. The van der Waals surface area contributed by atoms with Gasteiger partial charge in [-0.1, -0.05) is 36.8 Å². The first-order chi connectivity index (χ1) is 12.7. The van der Waals surface area contributed by atoms with Crippen molar-refractivity contribution < 1.29 is 9.59 Å². The summed E-state index contributed by atoms with van der Waals surface area (Å²) >= 11 is 0. The van der Waals surface area contributed by atoms with Crippen molar-refractivity contribution in [1.82, 2.24) is 10.2 Å². The number of para-hydroxylation sites is 1. The fourth-order valence-electron chi connectivity index (χ4n) is 3.13. The summed E-state index contributed by atoms with van der Waals surface area (Å²) in [5, 5.41) is 5.40. The Morgan fingerprint density at radius 2 is 1.58 bits per heavy atom. The number of anilines is 1. The third-order valence-electron chi connectivity index (χ3n) is 4.54. The third kappa shape index (κ3) is 5.43. The van der Waals surface area contributed by atoms with Gasteiger partial charge in [0.25, 0.3) is 5.91 Å². The summed E-state index contributed by atoms with van der Waals surface area (Å²) < 4.78 is 0. The Balaban J connectivity index is 1.46. The second-order valence-corrected chi connectivity index (χ2v) is 6.63.